The van der Waals surface area contributed by atoms with Crippen LogP contribution >= 0.6 is 11.8 Å². The fourth-order valence-corrected chi connectivity index (χ4v) is 4.25. The second-order valence-corrected chi connectivity index (χ2v) is 6.86. The molecule has 1 amide bonds. The van der Waals surface area contributed by atoms with Crippen LogP contribution in [0.4, 0.5) is 0 Å². The number of amides is 1. The van der Waals surface area contributed by atoms with Crippen LogP contribution in [0.5, 0.6) is 0 Å². The maximum Gasteiger partial charge on any atom is 0.256 e. The number of hydrogen-bond acceptors (Lipinski definition) is 5. The Hall–Kier alpha value is -2.13. The summed E-state index contributed by atoms with van der Waals surface area (Å²) in [5.41, 5.74) is 6.61. The number of carbonyl (C=O) groups excluding carboxylic acids is 1. The topological polar surface area (TPSA) is 73.4 Å². The fraction of sp³-hybridized carbons (Fsp3) is 0.375. The van der Waals surface area contributed by atoms with Gasteiger partial charge in [0.1, 0.15) is 5.37 Å². The van der Waals surface area contributed by atoms with E-state index in [-0.39, 0.29) is 11.4 Å². The highest BCUT2D eigenvalue weighted by Crippen LogP contribution is 2.46. The van der Waals surface area contributed by atoms with E-state index >= 15 is 0 Å². The molecule has 0 aromatic heterocycles. The molecule has 3 rings (SSSR count). The molecule has 1 fully saturated rings. The van der Waals surface area contributed by atoms with E-state index in [1.54, 1.807) is 4.90 Å². The first kappa shape index (κ1) is 14.8. The Morgan fingerprint density at radius 1 is 1.36 bits per heavy atom. The second-order valence-electron chi connectivity index (χ2n) is 5.74. The number of nitriles is 1. The number of thioether (sulfide) groups is 1. The van der Waals surface area contributed by atoms with Crippen molar-refractivity contribution < 1.29 is 4.79 Å². The molecule has 0 radical (unpaired) electrons. The molecule has 2 N–H and O–H groups in total. The summed E-state index contributed by atoms with van der Waals surface area (Å²) in [5.74, 6) is -0.0360. The summed E-state index contributed by atoms with van der Waals surface area (Å²) in [5, 5.41) is 9.17. The predicted molar refractivity (Wildman–Crippen MR) is 86.0 cm³/mol. The van der Waals surface area contributed by atoms with Crippen LogP contribution in [-0.2, 0) is 4.79 Å². The summed E-state index contributed by atoms with van der Waals surface area (Å²) in [7, 11) is 0. The van der Waals surface area contributed by atoms with Crippen LogP contribution in [0, 0.1) is 17.4 Å². The van der Waals surface area contributed by atoms with Crippen LogP contribution < -0.4 is 5.73 Å². The molecule has 1 aromatic rings. The van der Waals surface area contributed by atoms with Crippen molar-refractivity contribution in [1.29, 1.82) is 5.26 Å². The van der Waals surface area contributed by atoms with Crippen molar-refractivity contribution in [2.24, 2.45) is 11.7 Å². The lowest BCUT2D eigenvalue weighted by atomic mass is 10.0. The molecular weight excluding hydrogens is 296 g/mol. The Morgan fingerprint density at radius 2 is 2.09 bits per heavy atom. The van der Waals surface area contributed by atoms with Gasteiger partial charge in [-0.3, -0.25) is 4.79 Å². The van der Waals surface area contributed by atoms with Crippen LogP contribution in [0.15, 0.2) is 41.4 Å². The maximum absolute atomic E-state index is 11.6. The molecule has 114 valence electrons. The third-order valence-electron chi connectivity index (χ3n) is 4.20. The first-order valence-corrected chi connectivity index (χ1v) is 8.13. The first-order chi connectivity index (χ1) is 10.6. The summed E-state index contributed by atoms with van der Waals surface area (Å²) in [6.45, 7) is 3.58. The van der Waals surface area contributed by atoms with Gasteiger partial charge in [-0.05, 0) is 11.5 Å². The van der Waals surface area contributed by atoms with Crippen molar-refractivity contribution in [3.05, 3.63) is 47.0 Å². The largest absolute Gasteiger partial charge is 0.365 e. The van der Waals surface area contributed by atoms with Gasteiger partial charge in [-0.15, -0.1) is 0 Å². The highest BCUT2D eigenvalue weighted by Gasteiger charge is 2.40. The first-order valence-electron chi connectivity index (χ1n) is 7.25. The zero-order valence-corrected chi connectivity index (χ0v) is 13.2. The van der Waals surface area contributed by atoms with E-state index in [9.17, 15) is 4.79 Å². The molecule has 2 aliphatic rings. The van der Waals surface area contributed by atoms with Crippen molar-refractivity contribution in [2.45, 2.75) is 18.3 Å². The molecule has 0 spiro atoms. The molecule has 2 aliphatic heterocycles. The summed E-state index contributed by atoms with van der Waals surface area (Å²) >= 11 is 1.49. The highest BCUT2D eigenvalue weighted by atomic mass is 32.2. The van der Waals surface area contributed by atoms with Gasteiger partial charge in [0, 0.05) is 19.3 Å². The smallest absolute Gasteiger partial charge is 0.256 e. The molecule has 1 saturated heterocycles. The summed E-state index contributed by atoms with van der Waals surface area (Å²) in [4.78, 5) is 16.1. The third kappa shape index (κ3) is 2.64. The number of primary amides is 1. The van der Waals surface area contributed by atoms with Gasteiger partial charge in [-0.2, -0.15) is 5.26 Å². The minimum Gasteiger partial charge on any atom is -0.365 e. The van der Waals surface area contributed by atoms with Crippen LogP contribution in [0.1, 0.15) is 17.9 Å². The second kappa shape index (κ2) is 5.93. The van der Waals surface area contributed by atoms with Crippen LogP contribution in [0.2, 0.25) is 0 Å². The maximum atomic E-state index is 11.6. The number of nitrogens with zero attached hydrogens (tertiary/aromatic N) is 3. The lowest BCUT2D eigenvalue weighted by molar-refractivity contribution is -0.113. The van der Waals surface area contributed by atoms with Crippen molar-refractivity contribution in [3.63, 3.8) is 0 Å². The van der Waals surface area contributed by atoms with Gasteiger partial charge in [0.2, 0.25) is 0 Å². The molecule has 2 heterocycles. The predicted octanol–water partition coefficient (Wildman–Crippen LogP) is 1.86. The number of hydrogen-bond donors (Lipinski definition) is 1. The van der Waals surface area contributed by atoms with Gasteiger partial charge < -0.3 is 15.5 Å². The van der Waals surface area contributed by atoms with E-state index in [0.717, 1.165) is 12.1 Å². The lowest BCUT2D eigenvalue weighted by Gasteiger charge is -2.32. The van der Waals surface area contributed by atoms with Crippen LogP contribution in [-0.4, -0.2) is 34.8 Å². The van der Waals surface area contributed by atoms with Gasteiger partial charge in [0.25, 0.3) is 5.91 Å². The molecule has 22 heavy (non-hydrogen) atoms. The number of rotatable bonds is 3. The number of nitrogens with two attached hydrogens (primary N) is 1. The highest BCUT2D eigenvalue weighted by molar-refractivity contribution is 8.04. The van der Waals surface area contributed by atoms with E-state index in [1.165, 1.54) is 11.8 Å². The Bertz CT molecular complexity index is 639. The minimum atomic E-state index is -0.392. The molecule has 0 saturated carbocycles. The number of benzene rings is 1. The summed E-state index contributed by atoms with van der Waals surface area (Å²) < 4.78 is 0. The van der Waals surface area contributed by atoms with Gasteiger partial charge in [-0.25, -0.2) is 0 Å². The van der Waals surface area contributed by atoms with Gasteiger partial charge in [-0.1, -0.05) is 49.0 Å². The van der Waals surface area contributed by atoms with Gasteiger partial charge in [0.05, 0.1) is 10.9 Å². The van der Waals surface area contributed by atoms with E-state index in [2.05, 4.69) is 30.1 Å². The van der Waals surface area contributed by atoms with E-state index in [0.29, 0.717) is 17.4 Å². The molecular formula is C16H18N4OS. The summed E-state index contributed by atoms with van der Waals surface area (Å²) in [6, 6.07) is 10.3. The summed E-state index contributed by atoms with van der Waals surface area (Å²) in [6.07, 6.45) is 4.09. The average Bonchev–Trinajstić information content (AvgIpc) is 3.11. The molecule has 6 heteroatoms. The standard InChI is InChI=1S/C16H18N4OS/c1-11-7-19(10-17)8-13(11)20-9-14(15(18)21)22-16(20)12-5-3-2-4-6-12/h2-6,9,11,13,16H,7-8H2,1H3,(H2,18,21)/t11-,13-,16?/m1/s1. The molecule has 1 unspecified atom stereocenters. The Labute approximate surface area is 134 Å². The number of likely N-dealkylation sites (tertiary alicyclic amines) is 1. The van der Waals surface area contributed by atoms with Crippen molar-refractivity contribution in [1.82, 2.24) is 9.80 Å². The number of carbonyl (C=O) groups is 1. The normalized spacial score (nSPS) is 27.6. The van der Waals surface area contributed by atoms with E-state index in [4.69, 9.17) is 11.0 Å². The van der Waals surface area contributed by atoms with E-state index < -0.39 is 5.91 Å². The monoisotopic (exact) mass is 314 g/mol. The molecule has 5 nitrogen and oxygen atoms in total. The quantitative estimate of drug-likeness (QED) is 0.862. The third-order valence-corrected chi connectivity index (χ3v) is 5.50. The van der Waals surface area contributed by atoms with Crippen LogP contribution in [0.3, 0.4) is 0 Å². The van der Waals surface area contributed by atoms with Crippen molar-refractivity contribution in [3.8, 4) is 6.19 Å². The Kier molecular flexibility index (Phi) is 3.99. The molecule has 0 aliphatic carbocycles. The molecule has 1 aromatic carbocycles. The van der Waals surface area contributed by atoms with Crippen molar-refractivity contribution in [2.75, 3.05) is 13.1 Å². The Balaban J connectivity index is 1.91. The molecule has 0 bridgehead atoms. The Morgan fingerprint density at radius 3 is 2.68 bits per heavy atom. The SMILES string of the molecule is C[C@@H]1CN(C#N)C[C@H]1N1C=C(C(N)=O)SC1c1ccccc1. The van der Waals surface area contributed by atoms with E-state index in [1.807, 2.05) is 24.4 Å². The zero-order valence-electron chi connectivity index (χ0n) is 12.3. The average molecular weight is 314 g/mol. The zero-order chi connectivity index (χ0) is 15.7. The van der Waals surface area contributed by atoms with Crippen LogP contribution in [0.25, 0.3) is 0 Å². The van der Waals surface area contributed by atoms with Crippen molar-refractivity contribution >= 4 is 17.7 Å². The lowest BCUT2D eigenvalue weighted by Crippen LogP contribution is -2.36. The fourth-order valence-electron chi connectivity index (χ4n) is 3.08. The minimum absolute atomic E-state index is 0.0368. The molecule has 3 atom stereocenters. The van der Waals surface area contributed by atoms with Gasteiger partial charge in [0.15, 0.2) is 6.19 Å². The van der Waals surface area contributed by atoms with Gasteiger partial charge >= 0.3 is 0 Å².